The minimum atomic E-state index is -1.08. The van der Waals surface area contributed by atoms with Crippen LogP contribution in [0, 0.1) is 0 Å². The number of carbonyl (C=O) groups is 3. The molecule has 5 rings (SSSR count). The van der Waals surface area contributed by atoms with Crippen LogP contribution in [-0.4, -0.2) is 61.5 Å². The molecule has 1 saturated heterocycles. The SMILES string of the molecule is COC(=O)N[C@H](C(=O)Nc1ccccc1CC[C@@H]1CN[C@H](C(C)(OC(N)=O)c2cccnc2)CO1)C(c1ccccc1)c1ccccc1. The molecule has 1 aliphatic rings. The summed E-state index contributed by atoms with van der Waals surface area (Å²) in [5.41, 5.74) is 8.35. The lowest BCUT2D eigenvalue weighted by molar-refractivity contribution is -0.118. The lowest BCUT2D eigenvalue weighted by Crippen LogP contribution is -2.58. The van der Waals surface area contributed by atoms with Crippen molar-refractivity contribution in [3.63, 3.8) is 0 Å². The van der Waals surface area contributed by atoms with Crippen molar-refractivity contribution in [1.82, 2.24) is 15.6 Å². The number of alkyl carbamates (subject to hydrolysis) is 1. The van der Waals surface area contributed by atoms with E-state index >= 15 is 0 Å². The molecule has 1 fully saturated rings. The van der Waals surface area contributed by atoms with Crippen LogP contribution in [0.3, 0.4) is 0 Å². The van der Waals surface area contributed by atoms with Crippen molar-refractivity contribution in [2.45, 2.75) is 49.5 Å². The molecule has 11 nitrogen and oxygen atoms in total. The average Bonchev–Trinajstić information content (AvgIpc) is 3.12. The van der Waals surface area contributed by atoms with Gasteiger partial charge in [0.1, 0.15) is 6.04 Å². The number of rotatable bonds is 12. The van der Waals surface area contributed by atoms with Crippen molar-refractivity contribution in [1.29, 1.82) is 0 Å². The lowest BCUT2D eigenvalue weighted by atomic mass is 9.84. The van der Waals surface area contributed by atoms with Crippen LogP contribution in [0.1, 0.15) is 41.5 Å². The topological polar surface area (TPSA) is 154 Å². The largest absolute Gasteiger partial charge is 0.453 e. The Morgan fingerprint density at radius 1 is 0.979 bits per heavy atom. The molecule has 0 bridgehead atoms. The summed E-state index contributed by atoms with van der Waals surface area (Å²) in [6, 6.07) is 29.1. The number of aromatic nitrogens is 1. The molecule has 0 spiro atoms. The molecule has 5 N–H and O–H groups in total. The smallest absolute Gasteiger partial charge is 0.407 e. The maximum atomic E-state index is 14.1. The second-order valence-electron chi connectivity index (χ2n) is 11.8. The number of morpholine rings is 1. The molecule has 1 unspecified atom stereocenters. The second-order valence-corrected chi connectivity index (χ2v) is 11.8. The first kappa shape index (κ1) is 34.1. The number of primary amides is 1. The molecule has 11 heteroatoms. The Kier molecular flexibility index (Phi) is 11.4. The van der Waals surface area contributed by atoms with E-state index < -0.39 is 29.7 Å². The van der Waals surface area contributed by atoms with E-state index in [9.17, 15) is 14.4 Å². The average molecular weight is 652 g/mol. The van der Waals surface area contributed by atoms with Gasteiger partial charge in [0.25, 0.3) is 0 Å². The molecular weight excluding hydrogens is 610 g/mol. The van der Waals surface area contributed by atoms with Crippen LogP contribution in [0.5, 0.6) is 0 Å². The van der Waals surface area contributed by atoms with E-state index in [2.05, 4.69) is 20.9 Å². The molecule has 1 aliphatic heterocycles. The molecule has 2 heterocycles. The third-order valence-corrected chi connectivity index (χ3v) is 8.71. The number of pyridine rings is 1. The van der Waals surface area contributed by atoms with Crippen molar-refractivity contribution in [3.05, 3.63) is 132 Å². The predicted octanol–water partition coefficient (Wildman–Crippen LogP) is 4.88. The zero-order valence-electron chi connectivity index (χ0n) is 27.0. The van der Waals surface area contributed by atoms with Crippen molar-refractivity contribution in [2.24, 2.45) is 5.73 Å². The number of ether oxygens (including phenoxy) is 3. The van der Waals surface area contributed by atoms with E-state index in [1.165, 1.54) is 7.11 Å². The number of nitrogens with zero attached hydrogens (tertiary/aromatic N) is 1. The normalized spacial score (nSPS) is 17.8. The number of aryl methyl sites for hydroxylation is 1. The Morgan fingerprint density at radius 3 is 2.23 bits per heavy atom. The van der Waals surface area contributed by atoms with Gasteiger partial charge in [-0.3, -0.25) is 9.78 Å². The molecule has 3 amide bonds. The van der Waals surface area contributed by atoms with Crippen LogP contribution in [0.2, 0.25) is 0 Å². The van der Waals surface area contributed by atoms with Gasteiger partial charge in [0.05, 0.1) is 25.9 Å². The van der Waals surface area contributed by atoms with Crippen molar-refractivity contribution in [3.8, 4) is 0 Å². The van der Waals surface area contributed by atoms with Gasteiger partial charge in [-0.05, 0) is 48.6 Å². The summed E-state index contributed by atoms with van der Waals surface area (Å²) < 4.78 is 16.7. The van der Waals surface area contributed by atoms with E-state index in [-0.39, 0.29) is 24.7 Å². The number of carbonyl (C=O) groups excluding carboxylic acids is 3. The monoisotopic (exact) mass is 651 g/mol. The maximum absolute atomic E-state index is 14.1. The fourth-order valence-corrected chi connectivity index (χ4v) is 6.13. The number of benzene rings is 3. The van der Waals surface area contributed by atoms with Crippen LogP contribution < -0.4 is 21.7 Å². The highest BCUT2D eigenvalue weighted by Crippen LogP contribution is 2.32. The Morgan fingerprint density at radius 2 is 1.65 bits per heavy atom. The van der Waals surface area contributed by atoms with Crippen molar-refractivity contribution >= 4 is 23.8 Å². The van der Waals surface area contributed by atoms with Crippen LogP contribution in [0.15, 0.2) is 109 Å². The van der Waals surface area contributed by atoms with Gasteiger partial charge in [0.2, 0.25) is 5.91 Å². The van der Waals surface area contributed by atoms with Gasteiger partial charge in [-0.2, -0.15) is 0 Å². The third-order valence-electron chi connectivity index (χ3n) is 8.71. The minimum absolute atomic E-state index is 0.133. The molecule has 4 aromatic rings. The van der Waals surface area contributed by atoms with Crippen molar-refractivity contribution < 1.29 is 28.6 Å². The van der Waals surface area contributed by atoms with Gasteiger partial charge < -0.3 is 35.9 Å². The standard InChI is InChI=1S/C37H41N5O6/c1-37(48-35(38)44,28-17-11-21-39-22-28)31-24-47-29(23-40-31)20-19-25-12-9-10-18-30(25)41-34(43)33(42-36(45)46-2)32(26-13-5-3-6-14-26)27-15-7-4-8-16-27/h3-18,21-22,29,31-33,40H,19-20,23-24H2,1-2H3,(H2,38,44)(H,41,43)(H,42,45)/t29-,31+,33+,37?/m1/s1. The number of amides is 3. The molecule has 4 atom stereocenters. The molecule has 0 saturated carbocycles. The number of nitrogens with two attached hydrogens (primary N) is 1. The first-order valence-electron chi connectivity index (χ1n) is 15.9. The first-order valence-corrected chi connectivity index (χ1v) is 15.9. The van der Waals surface area contributed by atoms with Crippen LogP contribution in [0.4, 0.5) is 15.3 Å². The van der Waals surface area contributed by atoms with Crippen LogP contribution in [-0.2, 0) is 31.0 Å². The zero-order chi connectivity index (χ0) is 33.9. The summed E-state index contributed by atoms with van der Waals surface area (Å²) in [6.07, 6.45) is 2.85. The summed E-state index contributed by atoms with van der Waals surface area (Å²) in [4.78, 5) is 42.6. The summed E-state index contributed by atoms with van der Waals surface area (Å²) in [5, 5.41) is 9.33. The molecule has 1 aromatic heterocycles. The quantitative estimate of drug-likeness (QED) is 0.169. The van der Waals surface area contributed by atoms with Crippen LogP contribution in [0.25, 0.3) is 0 Å². The van der Waals surface area contributed by atoms with Gasteiger partial charge in [-0.15, -0.1) is 0 Å². The highest BCUT2D eigenvalue weighted by atomic mass is 16.6. The predicted molar refractivity (Wildman–Crippen MR) is 181 cm³/mol. The second kappa shape index (κ2) is 16.0. The van der Waals surface area contributed by atoms with E-state index in [0.717, 1.165) is 16.7 Å². The highest BCUT2D eigenvalue weighted by molar-refractivity contribution is 5.98. The Hall–Kier alpha value is -5.26. The summed E-state index contributed by atoms with van der Waals surface area (Å²) in [5.74, 6) is -0.864. The van der Waals surface area contributed by atoms with E-state index in [4.69, 9.17) is 19.9 Å². The Labute approximate surface area is 280 Å². The molecule has 0 aliphatic carbocycles. The Bertz CT molecular complexity index is 1610. The van der Waals surface area contributed by atoms with Crippen LogP contribution >= 0.6 is 0 Å². The van der Waals surface area contributed by atoms with E-state index in [1.54, 1.807) is 25.4 Å². The lowest BCUT2D eigenvalue weighted by Gasteiger charge is -2.41. The fraction of sp³-hybridized carbons (Fsp3) is 0.297. The number of nitrogens with one attached hydrogen (secondary N) is 3. The summed E-state index contributed by atoms with van der Waals surface area (Å²) in [6.45, 7) is 2.58. The first-order chi connectivity index (χ1) is 23.3. The van der Waals surface area contributed by atoms with Gasteiger partial charge in [-0.25, -0.2) is 9.59 Å². The minimum Gasteiger partial charge on any atom is -0.453 e. The van der Waals surface area contributed by atoms with Crippen molar-refractivity contribution in [2.75, 3.05) is 25.6 Å². The van der Waals surface area contributed by atoms with Gasteiger partial charge in [-0.1, -0.05) is 84.9 Å². The molecule has 0 radical (unpaired) electrons. The van der Waals surface area contributed by atoms with Gasteiger partial charge in [0, 0.05) is 36.1 Å². The van der Waals surface area contributed by atoms with E-state index in [1.807, 2.05) is 91.0 Å². The maximum Gasteiger partial charge on any atom is 0.407 e. The summed E-state index contributed by atoms with van der Waals surface area (Å²) in [7, 11) is 1.27. The number of para-hydroxylation sites is 1. The van der Waals surface area contributed by atoms with Gasteiger partial charge >= 0.3 is 12.2 Å². The highest BCUT2D eigenvalue weighted by Gasteiger charge is 2.42. The zero-order valence-corrected chi connectivity index (χ0v) is 27.0. The van der Waals surface area contributed by atoms with Gasteiger partial charge in [0.15, 0.2) is 5.60 Å². The molecule has 250 valence electrons. The van der Waals surface area contributed by atoms with E-state index in [0.29, 0.717) is 30.6 Å². The summed E-state index contributed by atoms with van der Waals surface area (Å²) >= 11 is 0. The number of methoxy groups -OCH3 is 1. The third kappa shape index (κ3) is 8.36. The number of hydrogen-bond donors (Lipinski definition) is 4. The molecular formula is C37H41N5O6. The number of hydrogen-bond acceptors (Lipinski definition) is 8. The Balaban J connectivity index is 1.29. The fourth-order valence-electron chi connectivity index (χ4n) is 6.13. The molecule has 48 heavy (non-hydrogen) atoms. The molecule has 3 aromatic carbocycles. The number of anilines is 1.